The van der Waals surface area contributed by atoms with Crippen LogP contribution in [0.5, 0.6) is 0 Å². The number of amides is 1. The first-order valence-electron chi connectivity index (χ1n) is 11.2. The number of benzene rings is 1. The molecule has 5 rings (SSSR count). The standard InChI is InChI=1S/C26H26FN5O/c1-26(2,3)21-9-8-18(14-29-21)25(33)30-13-17-7-6-16(12-20(17)27)19-10-11-28-24-22(19)31-23(32-24)15-4-5-15/h6-12,14-15H,4-5,13H2,1-3H3,(H,30,33)(H,28,31,32). The summed E-state index contributed by atoms with van der Waals surface area (Å²) in [7, 11) is 0. The first-order chi connectivity index (χ1) is 15.8. The fraction of sp³-hybridized carbons (Fsp3) is 0.308. The van der Waals surface area contributed by atoms with Crippen molar-refractivity contribution in [3.05, 3.63) is 77.3 Å². The Labute approximate surface area is 191 Å². The Morgan fingerprint density at radius 1 is 1.15 bits per heavy atom. The van der Waals surface area contributed by atoms with Gasteiger partial charge in [-0.1, -0.05) is 32.9 Å². The largest absolute Gasteiger partial charge is 0.348 e. The molecule has 3 heterocycles. The molecule has 168 valence electrons. The molecule has 0 saturated heterocycles. The van der Waals surface area contributed by atoms with Gasteiger partial charge in [0.15, 0.2) is 5.65 Å². The van der Waals surface area contributed by atoms with Crippen LogP contribution in [0.15, 0.2) is 48.8 Å². The Balaban J connectivity index is 1.31. The molecule has 1 saturated carbocycles. The average Bonchev–Trinajstić information content (AvgIpc) is 3.55. The van der Waals surface area contributed by atoms with Gasteiger partial charge in [0.2, 0.25) is 0 Å². The summed E-state index contributed by atoms with van der Waals surface area (Å²) in [4.78, 5) is 29.2. The van der Waals surface area contributed by atoms with Crippen molar-refractivity contribution in [2.75, 3.05) is 0 Å². The number of rotatable bonds is 5. The topological polar surface area (TPSA) is 83.6 Å². The third-order valence-corrected chi connectivity index (χ3v) is 5.97. The summed E-state index contributed by atoms with van der Waals surface area (Å²) >= 11 is 0. The van der Waals surface area contributed by atoms with E-state index in [1.54, 1.807) is 24.5 Å². The normalized spacial score (nSPS) is 13.9. The van der Waals surface area contributed by atoms with Crippen LogP contribution in [0.4, 0.5) is 4.39 Å². The Kier molecular flexibility index (Phi) is 5.19. The van der Waals surface area contributed by atoms with Gasteiger partial charge in [0.1, 0.15) is 11.6 Å². The number of nitrogens with one attached hydrogen (secondary N) is 2. The molecule has 0 aliphatic heterocycles. The van der Waals surface area contributed by atoms with Crippen molar-refractivity contribution in [1.82, 2.24) is 25.3 Å². The highest BCUT2D eigenvalue weighted by Crippen LogP contribution is 2.39. The smallest absolute Gasteiger partial charge is 0.253 e. The zero-order chi connectivity index (χ0) is 23.2. The molecule has 1 aromatic carbocycles. The van der Waals surface area contributed by atoms with Crippen LogP contribution in [-0.4, -0.2) is 25.8 Å². The van der Waals surface area contributed by atoms with Crippen molar-refractivity contribution in [3.63, 3.8) is 0 Å². The van der Waals surface area contributed by atoms with E-state index in [-0.39, 0.29) is 23.7 Å². The Morgan fingerprint density at radius 3 is 2.64 bits per heavy atom. The molecule has 0 unspecified atom stereocenters. The number of hydrogen-bond acceptors (Lipinski definition) is 4. The van der Waals surface area contributed by atoms with E-state index in [1.165, 1.54) is 6.07 Å². The predicted octanol–water partition coefficient (Wildman–Crippen LogP) is 5.26. The van der Waals surface area contributed by atoms with E-state index in [0.29, 0.717) is 22.7 Å². The molecule has 0 spiro atoms. The number of carbonyl (C=O) groups excluding carboxylic acids is 1. The van der Waals surface area contributed by atoms with E-state index >= 15 is 0 Å². The second-order valence-corrected chi connectivity index (χ2v) is 9.62. The van der Waals surface area contributed by atoms with Gasteiger partial charge in [-0.3, -0.25) is 9.78 Å². The lowest BCUT2D eigenvalue weighted by molar-refractivity contribution is 0.0950. The lowest BCUT2D eigenvalue weighted by Crippen LogP contribution is -2.24. The Hall–Kier alpha value is -3.61. The van der Waals surface area contributed by atoms with Crippen LogP contribution >= 0.6 is 0 Å². The quantitative estimate of drug-likeness (QED) is 0.440. The van der Waals surface area contributed by atoms with Gasteiger partial charge in [-0.2, -0.15) is 0 Å². The predicted molar refractivity (Wildman–Crippen MR) is 125 cm³/mol. The minimum atomic E-state index is -0.374. The van der Waals surface area contributed by atoms with Crippen LogP contribution < -0.4 is 5.32 Å². The van der Waals surface area contributed by atoms with Gasteiger partial charge in [-0.05, 0) is 42.7 Å². The molecule has 6 nitrogen and oxygen atoms in total. The second kappa shape index (κ2) is 8.06. The van der Waals surface area contributed by atoms with Crippen LogP contribution in [0.2, 0.25) is 0 Å². The molecule has 1 aliphatic rings. The van der Waals surface area contributed by atoms with Crippen LogP contribution in [0.25, 0.3) is 22.3 Å². The number of pyridine rings is 2. The number of imidazole rings is 1. The van der Waals surface area contributed by atoms with Crippen LogP contribution in [-0.2, 0) is 12.0 Å². The van der Waals surface area contributed by atoms with E-state index in [0.717, 1.165) is 41.0 Å². The number of nitrogens with zero attached hydrogens (tertiary/aromatic N) is 3. The second-order valence-electron chi connectivity index (χ2n) is 9.62. The molecule has 7 heteroatoms. The van der Waals surface area contributed by atoms with Gasteiger partial charge >= 0.3 is 0 Å². The summed E-state index contributed by atoms with van der Waals surface area (Å²) in [6.45, 7) is 6.29. The lowest BCUT2D eigenvalue weighted by Gasteiger charge is -2.17. The molecular formula is C26H26FN5O. The van der Waals surface area contributed by atoms with Gasteiger partial charge in [0.25, 0.3) is 5.91 Å². The maximum absolute atomic E-state index is 14.9. The minimum Gasteiger partial charge on any atom is -0.348 e. The SMILES string of the molecule is CC(C)(C)c1ccc(C(=O)NCc2ccc(-c3ccnc4nc(C5CC5)[nH]c34)cc2F)cn1. The first kappa shape index (κ1) is 21.2. The van der Waals surface area contributed by atoms with E-state index in [2.05, 4.69) is 46.0 Å². The Bertz CT molecular complexity index is 1330. The van der Waals surface area contributed by atoms with E-state index < -0.39 is 0 Å². The molecule has 0 atom stereocenters. The number of aromatic nitrogens is 4. The highest BCUT2D eigenvalue weighted by Gasteiger charge is 2.27. The maximum atomic E-state index is 14.9. The van der Waals surface area contributed by atoms with Crippen LogP contribution in [0, 0.1) is 5.82 Å². The number of aromatic amines is 1. The summed E-state index contributed by atoms with van der Waals surface area (Å²) in [5.41, 5.74) is 4.76. The van der Waals surface area contributed by atoms with E-state index in [4.69, 9.17) is 0 Å². The van der Waals surface area contributed by atoms with Crippen molar-refractivity contribution < 1.29 is 9.18 Å². The zero-order valence-corrected chi connectivity index (χ0v) is 18.9. The summed E-state index contributed by atoms with van der Waals surface area (Å²) < 4.78 is 14.9. The molecule has 4 aromatic rings. The maximum Gasteiger partial charge on any atom is 0.253 e. The third-order valence-electron chi connectivity index (χ3n) is 5.97. The van der Waals surface area contributed by atoms with Gasteiger partial charge in [-0.25, -0.2) is 14.4 Å². The molecule has 1 amide bonds. The summed E-state index contributed by atoms with van der Waals surface area (Å²) in [6, 6.07) is 10.5. The molecule has 33 heavy (non-hydrogen) atoms. The third kappa shape index (κ3) is 4.35. The van der Waals surface area contributed by atoms with Gasteiger partial charge in [0, 0.05) is 47.1 Å². The summed E-state index contributed by atoms with van der Waals surface area (Å²) in [5.74, 6) is 0.776. The van der Waals surface area contributed by atoms with Crippen molar-refractivity contribution in [1.29, 1.82) is 0 Å². The first-order valence-corrected chi connectivity index (χ1v) is 11.2. The molecule has 0 radical (unpaired) electrons. The van der Waals surface area contributed by atoms with Gasteiger partial charge in [0.05, 0.1) is 11.1 Å². The molecule has 2 N–H and O–H groups in total. The Morgan fingerprint density at radius 2 is 1.97 bits per heavy atom. The number of carbonyl (C=O) groups is 1. The fourth-order valence-corrected chi connectivity index (χ4v) is 3.83. The highest BCUT2D eigenvalue weighted by atomic mass is 19.1. The van der Waals surface area contributed by atoms with Crippen molar-refractivity contribution in [2.45, 2.75) is 51.5 Å². The molecule has 0 bridgehead atoms. The van der Waals surface area contributed by atoms with Crippen molar-refractivity contribution in [3.8, 4) is 11.1 Å². The zero-order valence-electron chi connectivity index (χ0n) is 18.9. The molecule has 1 fully saturated rings. The average molecular weight is 444 g/mol. The van der Waals surface area contributed by atoms with Gasteiger partial charge in [-0.15, -0.1) is 0 Å². The lowest BCUT2D eigenvalue weighted by atomic mass is 9.91. The minimum absolute atomic E-state index is 0.0874. The molecule has 3 aromatic heterocycles. The van der Waals surface area contributed by atoms with Gasteiger partial charge < -0.3 is 10.3 Å². The fourth-order valence-electron chi connectivity index (χ4n) is 3.83. The monoisotopic (exact) mass is 443 g/mol. The number of halogens is 1. The summed E-state index contributed by atoms with van der Waals surface area (Å²) in [5, 5.41) is 2.78. The number of fused-ring (bicyclic) bond motifs is 1. The summed E-state index contributed by atoms with van der Waals surface area (Å²) in [6.07, 6.45) is 5.53. The highest BCUT2D eigenvalue weighted by molar-refractivity contribution is 5.94. The molecular weight excluding hydrogens is 417 g/mol. The number of H-pyrrole nitrogens is 1. The van der Waals surface area contributed by atoms with Crippen molar-refractivity contribution >= 4 is 17.1 Å². The number of hydrogen-bond donors (Lipinski definition) is 2. The van der Waals surface area contributed by atoms with Crippen LogP contribution in [0.1, 0.15) is 67.0 Å². The van der Waals surface area contributed by atoms with E-state index in [1.807, 2.05) is 18.2 Å². The molecule has 1 aliphatic carbocycles. The van der Waals surface area contributed by atoms with E-state index in [9.17, 15) is 9.18 Å². The van der Waals surface area contributed by atoms with Crippen LogP contribution in [0.3, 0.4) is 0 Å². The van der Waals surface area contributed by atoms with Crippen molar-refractivity contribution in [2.24, 2.45) is 0 Å².